The zero-order valence-corrected chi connectivity index (χ0v) is 11.1. The summed E-state index contributed by atoms with van der Waals surface area (Å²) in [6.07, 6.45) is -2.60. The number of aromatic amines is 2. The zero-order chi connectivity index (χ0) is 16.3. The van der Waals surface area contributed by atoms with Crippen LogP contribution in [0.4, 0.5) is 5.95 Å². The van der Waals surface area contributed by atoms with Gasteiger partial charge < -0.3 is 36.3 Å². The number of H-pyrrole nitrogens is 2. The fourth-order valence-electron chi connectivity index (χ4n) is 2.65. The Morgan fingerprint density at radius 1 is 1.32 bits per heavy atom. The molecule has 10 N–H and O–H groups in total. The molecule has 2 aromatic rings. The van der Waals surface area contributed by atoms with E-state index < -0.39 is 35.8 Å². The van der Waals surface area contributed by atoms with Gasteiger partial charge in [0, 0.05) is 11.8 Å². The van der Waals surface area contributed by atoms with E-state index in [2.05, 4.69) is 20.3 Å². The SMILES string of the molecule is Nc1nc2c([C@@]3(O)N[C@@](O)(CO)[C@@H](O)[C@H]3O)c[nH]c2c(=O)[nH]1. The molecule has 11 nitrogen and oxygen atoms in total. The highest BCUT2D eigenvalue weighted by molar-refractivity contribution is 5.80. The van der Waals surface area contributed by atoms with E-state index in [1.165, 1.54) is 6.20 Å². The van der Waals surface area contributed by atoms with Crippen molar-refractivity contribution in [2.75, 3.05) is 12.3 Å². The maximum absolute atomic E-state index is 11.8. The molecule has 1 aliphatic rings. The van der Waals surface area contributed by atoms with Crippen LogP contribution in [0.3, 0.4) is 0 Å². The minimum Gasteiger partial charge on any atom is -0.392 e. The lowest BCUT2D eigenvalue weighted by atomic mass is 9.98. The average Bonchev–Trinajstić information content (AvgIpc) is 2.95. The maximum atomic E-state index is 11.8. The minimum atomic E-state index is -2.36. The van der Waals surface area contributed by atoms with Crippen molar-refractivity contribution in [2.24, 2.45) is 0 Å². The predicted octanol–water partition coefficient (Wildman–Crippen LogP) is -4.02. The molecule has 0 aromatic carbocycles. The van der Waals surface area contributed by atoms with E-state index in [9.17, 15) is 25.2 Å². The zero-order valence-electron chi connectivity index (χ0n) is 11.1. The summed E-state index contributed by atoms with van der Waals surface area (Å²) in [7, 11) is 0. The van der Waals surface area contributed by atoms with Gasteiger partial charge in [0.25, 0.3) is 5.56 Å². The van der Waals surface area contributed by atoms with Gasteiger partial charge in [-0.2, -0.15) is 0 Å². The van der Waals surface area contributed by atoms with Gasteiger partial charge in [-0.05, 0) is 0 Å². The fourth-order valence-corrected chi connectivity index (χ4v) is 2.65. The van der Waals surface area contributed by atoms with Crippen molar-refractivity contribution in [3.8, 4) is 0 Å². The highest BCUT2D eigenvalue weighted by atomic mass is 16.4. The Kier molecular flexibility index (Phi) is 3.04. The Morgan fingerprint density at radius 3 is 2.59 bits per heavy atom. The molecule has 11 heteroatoms. The highest BCUT2D eigenvalue weighted by Gasteiger charge is 2.60. The van der Waals surface area contributed by atoms with Crippen molar-refractivity contribution in [3.63, 3.8) is 0 Å². The van der Waals surface area contributed by atoms with Crippen molar-refractivity contribution in [3.05, 3.63) is 22.1 Å². The third kappa shape index (κ3) is 1.78. The molecule has 120 valence electrons. The van der Waals surface area contributed by atoms with Crippen molar-refractivity contribution in [2.45, 2.75) is 23.7 Å². The normalized spacial score (nSPS) is 35.3. The molecule has 0 amide bonds. The standard InChI is InChI=1S/C11H15N5O6/c12-9-14-4-3(1-13-5(4)8(20)15-9)11(22)7(19)6(18)10(21,2-17)16-11/h1,6-7,13,16-19,21-22H,2H2,(H3,12,14,15,20)/t6-,7+,10+,11-/m0/s1. The number of hydrogen-bond acceptors (Lipinski definition) is 9. The summed E-state index contributed by atoms with van der Waals surface area (Å²) in [5.74, 6) is -0.215. The van der Waals surface area contributed by atoms with Crippen LogP contribution in [0.2, 0.25) is 0 Å². The van der Waals surface area contributed by atoms with Crippen molar-refractivity contribution < 1.29 is 25.5 Å². The summed E-state index contributed by atoms with van der Waals surface area (Å²) in [6, 6.07) is 0. The van der Waals surface area contributed by atoms with Crippen LogP contribution in [0.5, 0.6) is 0 Å². The van der Waals surface area contributed by atoms with Crippen LogP contribution < -0.4 is 16.6 Å². The Labute approximate surface area is 122 Å². The summed E-state index contributed by atoms with van der Waals surface area (Å²) in [4.78, 5) is 20.4. The lowest BCUT2D eigenvalue weighted by molar-refractivity contribution is -0.121. The number of nitrogens with two attached hydrogens (primary N) is 1. The summed E-state index contributed by atoms with van der Waals surface area (Å²) in [5.41, 5.74) is -0.00930. The molecule has 1 saturated heterocycles. The molecule has 22 heavy (non-hydrogen) atoms. The lowest BCUT2D eigenvalue weighted by Crippen LogP contribution is -2.55. The first kappa shape index (κ1) is 14.9. The topological polar surface area (TPSA) is 201 Å². The van der Waals surface area contributed by atoms with Crippen molar-refractivity contribution in [1.82, 2.24) is 20.3 Å². The molecule has 3 heterocycles. The van der Waals surface area contributed by atoms with E-state index in [0.29, 0.717) is 0 Å². The molecule has 1 fully saturated rings. The monoisotopic (exact) mass is 313 g/mol. The number of nitrogens with zero attached hydrogens (tertiary/aromatic N) is 1. The number of fused-ring (bicyclic) bond motifs is 1. The Hall–Kier alpha value is -2.02. The van der Waals surface area contributed by atoms with E-state index in [-0.39, 0.29) is 22.5 Å². The lowest BCUT2D eigenvalue weighted by Gasteiger charge is -2.27. The molecule has 0 unspecified atom stereocenters. The van der Waals surface area contributed by atoms with Gasteiger partial charge in [0.15, 0.2) is 11.4 Å². The summed E-state index contributed by atoms with van der Waals surface area (Å²) >= 11 is 0. The van der Waals surface area contributed by atoms with Crippen LogP contribution in [0.1, 0.15) is 5.56 Å². The molecular weight excluding hydrogens is 298 g/mol. The molecule has 2 aromatic heterocycles. The van der Waals surface area contributed by atoms with Gasteiger partial charge in [-0.15, -0.1) is 0 Å². The van der Waals surface area contributed by atoms with Crippen LogP contribution in [-0.4, -0.2) is 65.0 Å². The number of aromatic nitrogens is 3. The van der Waals surface area contributed by atoms with E-state index in [1.54, 1.807) is 0 Å². The maximum Gasteiger partial charge on any atom is 0.276 e. The molecular formula is C11H15N5O6. The summed E-state index contributed by atoms with van der Waals surface area (Å²) in [6.45, 7) is -0.966. The second kappa shape index (κ2) is 4.49. The number of aliphatic hydroxyl groups is 5. The smallest absolute Gasteiger partial charge is 0.276 e. The molecule has 0 bridgehead atoms. The molecule has 0 aliphatic carbocycles. The third-order valence-electron chi connectivity index (χ3n) is 3.83. The van der Waals surface area contributed by atoms with Crippen LogP contribution in [-0.2, 0) is 5.72 Å². The second-order valence-electron chi connectivity index (χ2n) is 5.24. The number of nitrogens with one attached hydrogen (secondary N) is 3. The average molecular weight is 313 g/mol. The van der Waals surface area contributed by atoms with Gasteiger partial charge in [-0.25, -0.2) is 4.98 Å². The molecule has 0 saturated carbocycles. The van der Waals surface area contributed by atoms with Crippen LogP contribution in [0, 0.1) is 0 Å². The van der Waals surface area contributed by atoms with E-state index in [4.69, 9.17) is 10.8 Å². The number of hydrogen-bond donors (Lipinski definition) is 9. The first-order valence-electron chi connectivity index (χ1n) is 6.31. The number of nitrogen functional groups attached to an aromatic ring is 1. The van der Waals surface area contributed by atoms with Gasteiger partial charge in [0.05, 0.1) is 6.61 Å². The van der Waals surface area contributed by atoms with Crippen LogP contribution in [0.25, 0.3) is 11.0 Å². The van der Waals surface area contributed by atoms with Crippen molar-refractivity contribution in [1.29, 1.82) is 0 Å². The summed E-state index contributed by atoms with van der Waals surface area (Å²) < 4.78 is 0. The highest BCUT2D eigenvalue weighted by Crippen LogP contribution is 2.38. The van der Waals surface area contributed by atoms with Crippen molar-refractivity contribution >= 4 is 17.0 Å². The molecule has 0 spiro atoms. The summed E-state index contributed by atoms with van der Waals surface area (Å²) in [5, 5.41) is 51.8. The minimum absolute atomic E-state index is 0.0134. The van der Waals surface area contributed by atoms with Crippen LogP contribution >= 0.6 is 0 Å². The van der Waals surface area contributed by atoms with E-state index in [1.807, 2.05) is 0 Å². The molecule has 0 radical (unpaired) electrons. The predicted molar refractivity (Wildman–Crippen MR) is 72.2 cm³/mol. The quantitative estimate of drug-likeness (QED) is 0.265. The van der Waals surface area contributed by atoms with E-state index in [0.717, 1.165) is 0 Å². The fraction of sp³-hybridized carbons (Fsp3) is 0.455. The van der Waals surface area contributed by atoms with Gasteiger partial charge >= 0.3 is 0 Å². The number of rotatable bonds is 2. The molecule has 4 atom stereocenters. The van der Waals surface area contributed by atoms with Gasteiger partial charge in [0.2, 0.25) is 5.95 Å². The first-order valence-corrected chi connectivity index (χ1v) is 6.31. The Morgan fingerprint density at radius 2 is 2.00 bits per heavy atom. The van der Waals surface area contributed by atoms with Crippen LogP contribution in [0.15, 0.2) is 11.0 Å². The Bertz CT molecular complexity index is 789. The third-order valence-corrected chi connectivity index (χ3v) is 3.83. The Balaban J connectivity index is 2.21. The van der Waals surface area contributed by atoms with E-state index >= 15 is 0 Å². The van der Waals surface area contributed by atoms with Gasteiger partial charge in [0.1, 0.15) is 23.2 Å². The first-order chi connectivity index (χ1) is 10.2. The molecule has 1 aliphatic heterocycles. The van der Waals surface area contributed by atoms with Gasteiger partial charge in [-0.3, -0.25) is 15.1 Å². The molecule has 3 rings (SSSR count). The van der Waals surface area contributed by atoms with Gasteiger partial charge in [-0.1, -0.05) is 0 Å². The number of anilines is 1. The second-order valence-corrected chi connectivity index (χ2v) is 5.24. The largest absolute Gasteiger partial charge is 0.392 e. The number of aliphatic hydroxyl groups excluding tert-OH is 3.